The number of rotatable bonds is 1. The van der Waals surface area contributed by atoms with Gasteiger partial charge in [-0.25, -0.2) is 9.97 Å². The van der Waals surface area contributed by atoms with Gasteiger partial charge < -0.3 is 0 Å². The van der Waals surface area contributed by atoms with Crippen molar-refractivity contribution in [3.05, 3.63) is 40.3 Å². The van der Waals surface area contributed by atoms with Gasteiger partial charge in [0.25, 0.3) is 0 Å². The van der Waals surface area contributed by atoms with Crippen molar-refractivity contribution in [2.24, 2.45) is 0 Å². The van der Waals surface area contributed by atoms with E-state index in [0.717, 1.165) is 5.69 Å². The van der Waals surface area contributed by atoms with Crippen molar-refractivity contribution in [1.29, 1.82) is 0 Å². The second-order valence-corrected chi connectivity index (χ2v) is 5.83. The summed E-state index contributed by atoms with van der Waals surface area (Å²) in [5.74, 6) is 0.518. The normalized spacial score (nSPS) is 11.6. The summed E-state index contributed by atoms with van der Waals surface area (Å²) < 4.78 is 0. The maximum absolute atomic E-state index is 6.03. The summed E-state index contributed by atoms with van der Waals surface area (Å²) >= 11 is 11.8. The third-order valence-corrected chi connectivity index (χ3v) is 2.84. The minimum Gasteiger partial charge on any atom is -0.251 e. The second-order valence-electron chi connectivity index (χ2n) is 5.01. The fourth-order valence-electron chi connectivity index (χ4n) is 1.42. The first-order valence-corrected chi connectivity index (χ1v) is 6.29. The lowest BCUT2D eigenvalue weighted by atomic mass is 9.92. The van der Waals surface area contributed by atoms with E-state index >= 15 is 0 Å². The molecule has 2 aromatic heterocycles. The van der Waals surface area contributed by atoms with Gasteiger partial charge in [0.2, 0.25) is 0 Å². The highest BCUT2D eigenvalue weighted by atomic mass is 35.5. The molecule has 18 heavy (non-hydrogen) atoms. The summed E-state index contributed by atoms with van der Waals surface area (Å²) in [6.07, 6.45) is 1.57. The lowest BCUT2D eigenvalue weighted by molar-refractivity contribution is 0.567. The number of nitrogens with zero attached hydrogens (tertiary/aromatic N) is 3. The summed E-state index contributed by atoms with van der Waals surface area (Å²) in [4.78, 5) is 12.9. The minimum atomic E-state index is -0.0895. The topological polar surface area (TPSA) is 38.7 Å². The number of halogens is 2. The summed E-state index contributed by atoms with van der Waals surface area (Å²) in [7, 11) is 0. The Morgan fingerprint density at radius 2 is 1.78 bits per heavy atom. The molecule has 3 nitrogen and oxygen atoms in total. The SMILES string of the molecule is CC(C)(C)c1cc(Cl)nc(-c2ccc(Cl)cn2)n1. The Balaban J connectivity index is 2.52. The van der Waals surface area contributed by atoms with Crippen LogP contribution in [-0.2, 0) is 5.41 Å². The van der Waals surface area contributed by atoms with Crippen LogP contribution in [0.15, 0.2) is 24.4 Å². The molecule has 2 heterocycles. The highest BCUT2D eigenvalue weighted by Crippen LogP contribution is 2.25. The number of hydrogen-bond donors (Lipinski definition) is 0. The summed E-state index contributed by atoms with van der Waals surface area (Å²) in [6, 6.07) is 5.31. The second kappa shape index (κ2) is 4.82. The molecular formula is C13H13Cl2N3. The zero-order valence-corrected chi connectivity index (χ0v) is 11.9. The molecule has 0 radical (unpaired) electrons. The molecule has 0 atom stereocenters. The van der Waals surface area contributed by atoms with E-state index in [0.29, 0.717) is 21.7 Å². The maximum atomic E-state index is 6.03. The van der Waals surface area contributed by atoms with Crippen molar-refractivity contribution in [1.82, 2.24) is 15.0 Å². The summed E-state index contributed by atoms with van der Waals surface area (Å²) in [6.45, 7) is 6.22. The zero-order valence-electron chi connectivity index (χ0n) is 10.4. The average molecular weight is 282 g/mol. The molecule has 0 aromatic carbocycles. The van der Waals surface area contributed by atoms with E-state index in [2.05, 4.69) is 35.7 Å². The monoisotopic (exact) mass is 281 g/mol. The van der Waals surface area contributed by atoms with Crippen LogP contribution in [0.4, 0.5) is 0 Å². The predicted octanol–water partition coefficient (Wildman–Crippen LogP) is 4.14. The smallest absolute Gasteiger partial charge is 0.179 e. The Hall–Kier alpha value is -1.19. The van der Waals surface area contributed by atoms with Crippen LogP contribution < -0.4 is 0 Å². The largest absolute Gasteiger partial charge is 0.251 e. The van der Waals surface area contributed by atoms with Gasteiger partial charge in [0, 0.05) is 11.6 Å². The van der Waals surface area contributed by atoms with E-state index in [1.54, 1.807) is 24.4 Å². The van der Waals surface area contributed by atoms with Crippen molar-refractivity contribution in [3.63, 3.8) is 0 Å². The molecule has 0 aliphatic rings. The molecule has 2 rings (SSSR count). The van der Waals surface area contributed by atoms with Gasteiger partial charge in [0.05, 0.1) is 10.7 Å². The van der Waals surface area contributed by atoms with Gasteiger partial charge in [-0.2, -0.15) is 0 Å². The first kappa shape index (κ1) is 13.2. The Kier molecular flexibility index (Phi) is 3.55. The number of aromatic nitrogens is 3. The van der Waals surface area contributed by atoms with Crippen LogP contribution in [0.5, 0.6) is 0 Å². The van der Waals surface area contributed by atoms with Crippen molar-refractivity contribution < 1.29 is 0 Å². The molecule has 0 bridgehead atoms. The number of hydrogen-bond acceptors (Lipinski definition) is 3. The highest BCUT2D eigenvalue weighted by molar-refractivity contribution is 6.30. The van der Waals surface area contributed by atoms with Crippen molar-refractivity contribution in [2.75, 3.05) is 0 Å². The molecule has 0 unspecified atom stereocenters. The Bertz CT molecular complexity index is 559. The van der Waals surface area contributed by atoms with Crippen molar-refractivity contribution in [2.45, 2.75) is 26.2 Å². The van der Waals surface area contributed by atoms with E-state index in [1.165, 1.54) is 0 Å². The Morgan fingerprint density at radius 1 is 1.06 bits per heavy atom. The third-order valence-electron chi connectivity index (χ3n) is 2.42. The predicted molar refractivity (Wildman–Crippen MR) is 74.0 cm³/mol. The molecule has 0 spiro atoms. The van der Waals surface area contributed by atoms with E-state index in [9.17, 15) is 0 Å². The molecule has 0 fully saturated rings. The fourth-order valence-corrected chi connectivity index (χ4v) is 1.72. The van der Waals surface area contributed by atoms with E-state index < -0.39 is 0 Å². The fraction of sp³-hybridized carbons (Fsp3) is 0.308. The van der Waals surface area contributed by atoms with Gasteiger partial charge >= 0.3 is 0 Å². The van der Waals surface area contributed by atoms with Crippen LogP contribution in [0.3, 0.4) is 0 Å². The number of pyridine rings is 1. The van der Waals surface area contributed by atoms with E-state index in [-0.39, 0.29) is 5.41 Å². The lowest BCUT2D eigenvalue weighted by Gasteiger charge is -2.18. The summed E-state index contributed by atoms with van der Waals surface area (Å²) in [5.41, 5.74) is 1.45. The third kappa shape index (κ3) is 2.98. The molecule has 0 aliphatic heterocycles. The standard InChI is InChI=1S/C13H13Cl2N3/c1-13(2,3)10-6-11(15)18-12(17-10)9-5-4-8(14)7-16-9/h4-7H,1-3H3. The molecule has 0 aliphatic carbocycles. The summed E-state index contributed by atoms with van der Waals surface area (Å²) in [5, 5.41) is 0.999. The Morgan fingerprint density at radius 3 is 2.33 bits per heavy atom. The molecule has 2 aromatic rings. The van der Waals surface area contributed by atoms with E-state index in [1.807, 2.05) is 0 Å². The average Bonchev–Trinajstić information content (AvgIpc) is 2.28. The molecule has 0 saturated carbocycles. The minimum absolute atomic E-state index is 0.0895. The highest BCUT2D eigenvalue weighted by Gasteiger charge is 2.18. The van der Waals surface area contributed by atoms with Crippen LogP contribution in [0, 0.1) is 0 Å². The molecular weight excluding hydrogens is 269 g/mol. The Labute approximate surface area is 116 Å². The van der Waals surface area contributed by atoms with Crippen LogP contribution in [0.1, 0.15) is 26.5 Å². The van der Waals surface area contributed by atoms with Gasteiger partial charge in [-0.15, -0.1) is 0 Å². The van der Waals surface area contributed by atoms with Crippen molar-refractivity contribution in [3.8, 4) is 11.5 Å². The quantitative estimate of drug-likeness (QED) is 0.738. The maximum Gasteiger partial charge on any atom is 0.179 e. The lowest BCUT2D eigenvalue weighted by Crippen LogP contribution is -2.14. The molecule has 0 N–H and O–H groups in total. The van der Waals surface area contributed by atoms with Gasteiger partial charge in [-0.1, -0.05) is 44.0 Å². The van der Waals surface area contributed by atoms with Gasteiger partial charge in [0.15, 0.2) is 5.82 Å². The van der Waals surface area contributed by atoms with Gasteiger partial charge in [-0.05, 0) is 18.2 Å². The van der Waals surface area contributed by atoms with Gasteiger partial charge in [0.1, 0.15) is 10.8 Å². The molecule has 0 amide bonds. The van der Waals surface area contributed by atoms with Gasteiger partial charge in [-0.3, -0.25) is 4.98 Å². The molecule has 0 saturated heterocycles. The first-order valence-electron chi connectivity index (χ1n) is 5.53. The zero-order chi connectivity index (χ0) is 13.3. The molecule has 5 heteroatoms. The van der Waals surface area contributed by atoms with Crippen LogP contribution >= 0.6 is 23.2 Å². The molecule has 94 valence electrons. The van der Waals surface area contributed by atoms with Crippen LogP contribution in [0.2, 0.25) is 10.2 Å². The first-order chi connectivity index (χ1) is 8.36. The van der Waals surface area contributed by atoms with Crippen molar-refractivity contribution >= 4 is 23.2 Å². The van der Waals surface area contributed by atoms with Crippen LogP contribution in [-0.4, -0.2) is 15.0 Å². The van der Waals surface area contributed by atoms with E-state index in [4.69, 9.17) is 23.2 Å². The van der Waals surface area contributed by atoms with Crippen LogP contribution in [0.25, 0.3) is 11.5 Å².